The van der Waals surface area contributed by atoms with Crippen LogP contribution in [0.4, 0.5) is 6.01 Å². The molecule has 1 aliphatic rings. The van der Waals surface area contributed by atoms with Gasteiger partial charge in [0.2, 0.25) is 0 Å². The lowest BCUT2D eigenvalue weighted by atomic mass is 9.82. The maximum atomic E-state index is 8.95. The zero-order chi connectivity index (χ0) is 11.6. The van der Waals surface area contributed by atoms with E-state index in [1.165, 1.54) is 25.5 Å². The number of anilines is 1. The van der Waals surface area contributed by atoms with Gasteiger partial charge in [0.15, 0.2) is 0 Å². The third kappa shape index (κ3) is 1.94. The molecule has 0 aliphatic carbocycles. The average Bonchev–Trinajstić information content (AvgIpc) is 2.96. The molecule has 1 aromatic heterocycles. The van der Waals surface area contributed by atoms with Gasteiger partial charge in [0.1, 0.15) is 12.0 Å². The van der Waals surface area contributed by atoms with Gasteiger partial charge in [-0.25, -0.2) is 0 Å². The van der Waals surface area contributed by atoms with Crippen molar-refractivity contribution in [2.45, 2.75) is 39.7 Å². The van der Waals surface area contributed by atoms with Gasteiger partial charge >= 0.3 is 0 Å². The van der Waals surface area contributed by atoms with Gasteiger partial charge in [-0.05, 0) is 24.7 Å². The molecule has 0 amide bonds. The Morgan fingerprint density at radius 2 is 2.25 bits per heavy atom. The third-order valence-electron chi connectivity index (χ3n) is 3.91. The summed E-state index contributed by atoms with van der Waals surface area (Å²) < 4.78 is 5.38. The first-order chi connectivity index (χ1) is 7.73. The molecule has 1 N–H and O–H groups in total. The van der Waals surface area contributed by atoms with Gasteiger partial charge in [-0.15, -0.1) is 0 Å². The van der Waals surface area contributed by atoms with Crippen molar-refractivity contribution in [1.82, 2.24) is 4.98 Å². The molecule has 1 fully saturated rings. The van der Waals surface area contributed by atoms with E-state index in [2.05, 4.69) is 23.7 Å². The summed E-state index contributed by atoms with van der Waals surface area (Å²) >= 11 is 0. The molecule has 1 saturated heterocycles. The van der Waals surface area contributed by atoms with Crippen LogP contribution in [0.25, 0.3) is 0 Å². The first-order valence-corrected chi connectivity index (χ1v) is 6.03. The van der Waals surface area contributed by atoms with Crippen LogP contribution < -0.4 is 4.90 Å². The minimum absolute atomic E-state index is 0.0515. The van der Waals surface area contributed by atoms with Crippen LogP contribution in [0.3, 0.4) is 0 Å². The van der Waals surface area contributed by atoms with Gasteiger partial charge in [0.05, 0.1) is 6.61 Å². The molecule has 1 aromatic rings. The Morgan fingerprint density at radius 3 is 2.75 bits per heavy atom. The van der Waals surface area contributed by atoms with Crippen molar-refractivity contribution in [3.05, 3.63) is 12.0 Å². The van der Waals surface area contributed by atoms with E-state index in [1.54, 1.807) is 0 Å². The number of aliphatic hydroxyl groups excluding tert-OH is 1. The molecule has 4 heteroatoms. The van der Waals surface area contributed by atoms with E-state index >= 15 is 0 Å². The van der Waals surface area contributed by atoms with Gasteiger partial charge in [-0.2, -0.15) is 4.98 Å². The normalized spacial score (nSPS) is 19.3. The van der Waals surface area contributed by atoms with Crippen molar-refractivity contribution in [2.75, 3.05) is 18.0 Å². The summed E-state index contributed by atoms with van der Waals surface area (Å²) in [4.78, 5) is 6.44. The molecule has 0 bridgehead atoms. The zero-order valence-electron chi connectivity index (χ0n) is 10.1. The van der Waals surface area contributed by atoms with Crippen molar-refractivity contribution < 1.29 is 9.52 Å². The summed E-state index contributed by atoms with van der Waals surface area (Å²) in [7, 11) is 0. The molecule has 0 radical (unpaired) electrons. The Hall–Kier alpha value is -1.03. The Balaban J connectivity index is 2.08. The van der Waals surface area contributed by atoms with Crippen molar-refractivity contribution in [1.29, 1.82) is 0 Å². The molecule has 0 aromatic carbocycles. The smallest absolute Gasteiger partial charge is 0.297 e. The van der Waals surface area contributed by atoms with Gasteiger partial charge in [-0.3, -0.25) is 0 Å². The van der Waals surface area contributed by atoms with E-state index in [4.69, 9.17) is 9.52 Å². The predicted octanol–water partition coefficient (Wildman–Crippen LogP) is 2.18. The van der Waals surface area contributed by atoms with Gasteiger partial charge in [-0.1, -0.05) is 13.8 Å². The summed E-state index contributed by atoms with van der Waals surface area (Å²) in [5, 5.41) is 8.95. The van der Waals surface area contributed by atoms with E-state index < -0.39 is 0 Å². The van der Waals surface area contributed by atoms with E-state index in [0.717, 1.165) is 13.1 Å². The van der Waals surface area contributed by atoms with Crippen molar-refractivity contribution >= 4 is 6.01 Å². The second kappa shape index (κ2) is 4.45. The molecular formula is C12H20N2O2. The summed E-state index contributed by atoms with van der Waals surface area (Å²) in [5.74, 6) is 0. The highest BCUT2D eigenvalue weighted by atomic mass is 16.4. The van der Waals surface area contributed by atoms with Crippen molar-refractivity contribution in [2.24, 2.45) is 5.41 Å². The van der Waals surface area contributed by atoms with Crippen molar-refractivity contribution in [3.63, 3.8) is 0 Å². The molecule has 2 rings (SSSR count). The minimum atomic E-state index is -0.0515. The molecule has 0 unspecified atom stereocenters. The fourth-order valence-electron chi connectivity index (χ4n) is 2.44. The first-order valence-electron chi connectivity index (χ1n) is 6.03. The molecule has 4 nitrogen and oxygen atoms in total. The zero-order valence-corrected chi connectivity index (χ0v) is 10.1. The van der Waals surface area contributed by atoms with Crippen LogP contribution in [0.2, 0.25) is 0 Å². The molecule has 0 atom stereocenters. The number of hydrogen-bond acceptors (Lipinski definition) is 4. The molecule has 0 spiro atoms. The van der Waals surface area contributed by atoms with Crippen LogP contribution in [0, 0.1) is 5.41 Å². The molecule has 16 heavy (non-hydrogen) atoms. The highest BCUT2D eigenvalue weighted by molar-refractivity contribution is 5.30. The average molecular weight is 224 g/mol. The minimum Gasteiger partial charge on any atom is -0.432 e. The Labute approximate surface area is 96.3 Å². The number of nitrogens with zero attached hydrogens (tertiary/aromatic N) is 2. The van der Waals surface area contributed by atoms with Crippen LogP contribution in [-0.2, 0) is 6.61 Å². The van der Waals surface area contributed by atoms with Crippen LogP contribution in [0.15, 0.2) is 10.7 Å². The van der Waals surface area contributed by atoms with Crippen LogP contribution >= 0.6 is 0 Å². The van der Waals surface area contributed by atoms with Gasteiger partial charge in [0.25, 0.3) is 6.01 Å². The van der Waals surface area contributed by atoms with Gasteiger partial charge in [0, 0.05) is 13.1 Å². The van der Waals surface area contributed by atoms with Crippen LogP contribution in [-0.4, -0.2) is 23.2 Å². The molecule has 0 saturated carbocycles. The van der Waals surface area contributed by atoms with E-state index in [-0.39, 0.29) is 6.61 Å². The van der Waals surface area contributed by atoms with Crippen LogP contribution in [0.5, 0.6) is 0 Å². The largest absolute Gasteiger partial charge is 0.432 e. The Kier molecular flexibility index (Phi) is 3.19. The summed E-state index contributed by atoms with van der Waals surface area (Å²) in [6, 6.07) is 0.660. The lowest BCUT2D eigenvalue weighted by Crippen LogP contribution is -2.26. The number of aliphatic hydroxyl groups is 1. The summed E-state index contributed by atoms with van der Waals surface area (Å²) in [6.45, 7) is 6.48. The maximum Gasteiger partial charge on any atom is 0.297 e. The number of hydrogen-bond donors (Lipinski definition) is 1. The van der Waals surface area contributed by atoms with Crippen molar-refractivity contribution in [3.8, 4) is 0 Å². The second-order valence-electron chi connectivity index (χ2n) is 4.66. The molecule has 2 heterocycles. The van der Waals surface area contributed by atoms with Gasteiger partial charge < -0.3 is 14.4 Å². The molecular weight excluding hydrogens is 204 g/mol. The fourth-order valence-corrected chi connectivity index (χ4v) is 2.44. The predicted molar refractivity (Wildman–Crippen MR) is 62.3 cm³/mol. The first kappa shape index (κ1) is 11.5. The highest BCUT2D eigenvalue weighted by Gasteiger charge is 2.36. The van der Waals surface area contributed by atoms with E-state index in [9.17, 15) is 0 Å². The summed E-state index contributed by atoms with van der Waals surface area (Å²) in [6.07, 6.45) is 5.14. The Morgan fingerprint density at radius 1 is 1.50 bits per heavy atom. The Bertz CT molecular complexity index is 345. The maximum absolute atomic E-state index is 8.95. The molecule has 90 valence electrons. The summed E-state index contributed by atoms with van der Waals surface area (Å²) in [5.41, 5.74) is 1.04. The lowest BCUT2D eigenvalue weighted by Gasteiger charge is -2.25. The third-order valence-corrected chi connectivity index (χ3v) is 3.91. The number of oxazole rings is 1. The second-order valence-corrected chi connectivity index (χ2v) is 4.66. The lowest BCUT2D eigenvalue weighted by molar-refractivity contribution is 0.276. The highest BCUT2D eigenvalue weighted by Crippen LogP contribution is 2.38. The molecule has 1 aliphatic heterocycles. The van der Waals surface area contributed by atoms with E-state index in [0.29, 0.717) is 17.1 Å². The van der Waals surface area contributed by atoms with Crippen LogP contribution in [0.1, 0.15) is 38.8 Å². The SMILES string of the molecule is CCC1(CC)CCN(c2nc(CO)co2)C1. The van der Waals surface area contributed by atoms with E-state index in [1.807, 2.05) is 0 Å². The topological polar surface area (TPSA) is 49.5 Å². The monoisotopic (exact) mass is 224 g/mol. The number of aromatic nitrogens is 1. The standard InChI is InChI=1S/C12H20N2O2/c1-3-12(4-2)5-6-14(9-12)11-13-10(7-15)8-16-11/h8,15H,3-7,9H2,1-2H3. The fraction of sp³-hybridized carbons (Fsp3) is 0.750. The number of rotatable bonds is 4. The quantitative estimate of drug-likeness (QED) is 0.851.